The van der Waals surface area contributed by atoms with E-state index in [-0.39, 0.29) is 15.4 Å². The van der Waals surface area contributed by atoms with Crippen molar-refractivity contribution < 1.29 is 21.6 Å². The van der Waals surface area contributed by atoms with Crippen molar-refractivity contribution in [2.75, 3.05) is 0 Å². The van der Waals surface area contributed by atoms with E-state index in [2.05, 4.69) is 4.98 Å². The van der Waals surface area contributed by atoms with Crippen molar-refractivity contribution >= 4 is 32.3 Å². The van der Waals surface area contributed by atoms with Gasteiger partial charge in [-0.1, -0.05) is 23.7 Å². The molecule has 29 heavy (non-hydrogen) atoms. The fourth-order valence-electron chi connectivity index (χ4n) is 2.97. The number of sulfone groups is 1. The average Bonchev–Trinajstić information content (AvgIpc) is 2.68. The molecular weight excluding hydrogens is 423 g/mol. The summed E-state index contributed by atoms with van der Waals surface area (Å²) >= 11 is 5.72. The van der Waals surface area contributed by atoms with Gasteiger partial charge in [0.25, 0.3) is 0 Å². The van der Waals surface area contributed by atoms with Crippen LogP contribution in [0.1, 0.15) is 0 Å². The number of fused-ring (bicyclic) bond motifs is 1. The lowest BCUT2D eigenvalue weighted by atomic mass is 10.0. The Bertz CT molecular complexity index is 1370. The first-order chi connectivity index (χ1) is 13.8. The molecule has 8 heteroatoms. The number of benzene rings is 3. The molecule has 0 aliphatic carbocycles. The highest BCUT2D eigenvalue weighted by Gasteiger charge is 2.23. The quantitative estimate of drug-likeness (QED) is 0.383. The van der Waals surface area contributed by atoms with Crippen molar-refractivity contribution in [3.8, 4) is 11.1 Å². The van der Waals surface area contributed by atoms with Crippen molar-refractivity contribution in [2.24, 2.45) is 0 Å². The maximum atomic E-state index is 13.8. The second kappa shape index (κ2) is 7.17. The van der Waals surface area contributed by atoms with Crippen LogP contribution >= 0.6 is 11.6 Å². The lowest BCUT2D eigenvalue weighted by Gasteiger charge is -2.11. The maximum Gasteiger partial charge on any atom is 0.223 e. The minimum Gasteiger partial charge on any atom is -0.236 e. The summed E-state index contributed by atoms with van der Waals surface area (Å²) in [5.41, 5.74) is 0.845. The number of aromatic nitrogens is 1. The highest BCUT2D eigenvalue weighted by Crippen LogP contribution is 2.33. The molecule has 4 aromatic rings. The summed E-state index contributed by atoms with van der Waals surface area (Å²) in [4.78, 5) is 3.82. The molecular formula is C21H11ClF3NO2S. The van der Waals surface area contributed by atoms with Gasteiger partial charge in [0.15, 0.2) is 5.03 Å². The highest BCUT2D eigenvalue weighted by molar-refractivity contribution is 7.91. The molecule has 1 heterocycles. The minimum atomic E-state index is -4.20. The third-order valence-corrected chi connectivity index (χ3v) is 6.28. The van der Waals surface area contributed by atoms with Gasteiger partial charge < -0.3 is 0 Å². The molecule has 4 rings (SSSR count). The smallest absolute Gasteiger partial charge is 0.223 e. The van der Waals surface area contributed by atoms with Crippen LogP contribution in [-0.2, 0) is 9.84 Å². The second-order valence-electron chi connectivity index (χ2n) is 6.26. The van der Waals surface area contributed by atoms with E-state index in [0.717, 1.165) is 24.3 Å². The first-order valence-corrected chi connectivity index (χ1v) is 10.2. The Morgan fingerprint density at radius 1 is 0.828 bits per heavy atom. The molecule has 0 saturated carbocycles. The predicted octanol–water partition coefficient (Wildman–Crippen LogP) is 5.81. The van der Waals surface area contributed by atoms with E-state index in [1.54, 1.807) is 6.07 Å². The van der Waals surface area contributed by atoms with Crippen LogP contribution < -0.4 is 0 Å². The van der Waals surface area contributed by atoms with Gasteiger partial charge in [0.1, 0.15) is 17.5 Å². The Balaban J connectivity index is 2.01. The van der Waals surface area contributed by atoms with Gasteiger partial charge in [0.05, 0.1) is 15.4 Å². The van der Waals surface area contributed by atoms with E-state index < -0.39 is 32.3 Å². The van der Waals surface area contributed by atoms with Gasteiger partial charge in [-0.05, 0) is 59.7 Å². The zero-order chi connectivity index (χ0) is 20.8. The van der Waals surface area contributed by atoms with Gasteiger partial charge in [-0.15, -0.1) is 0 Å². The molecule has 0 amide bonds. The third kappa shape index (κ3) is 3.59. The predicted molar refractivity (Wildman–Crippen MR) is 104 cm³/mol. The largest absolute Gasteiger partial charge is 0.236 e. The van der Waals surface area contributed by atoms with Crippen LogP contribution in [0, 0.1) is 17.5 Å². The van der Waals surface area contributed by atoms with Gasteiger partial charge in [0, 0.05) is 11.5 Å². The van der Waals surface area contributed by atoms with Crippen LogP contribution in [0.3, 0.4) is 0 Å². The fraction of sp³-hybridized carbons (Fsp3) is 0. The van der Waals surface area contributed by atoms with E-state index in [1.807, 2.05) is 0 Å². The molecule has 0 unspecified atom stereocenters. The maximum absolute atomic E-state index is 13.8. The van der Waals surface area contributed by atoms with Gasteiger partial charge in [0.2, 0.25) is 9.84 Å². The van der Waals surface area contributed by atoms with Gasteiger partial charge in [-0.2, -0.15) is 0 Å². The number of hydrogen-bond donors (Lipinski definition) is 0. The molecule has 0 atom stereocenters. The molecule has 3 nitrogen and oxygen atoms in total. The zero-order valence-corrected chi connectivity index (χ0v) is 16.1. The summed E-state index contributed by atoms with van der Waals surface area (Å²) < 4.78 is 67.1. The second-order valence-corrected chi connectivity index (χ2v) is 8.56. The highest BCUT2D eigenvalue weighted by atomic mass is 35.5. The third-order valence-electron chi connectivity index (χ3n) is 4.36. The van der Waals surface area contributed by atoms with Crippen LogP contribution in [0.4, 0.5) is 13.2 Å². The summed E-state index contributed by atoms with van der Waals surface area (Å²) in [7, 11) is -4.20. The van der Waals surface area contributed by atoms with E-state index in [4.69, 9.17) is 11.6 Å². The van der Waals surface area contributed by atoms with E-state index >= 15 is 0 Å². The first kappa shape index (κ1) is 19.4. The molecule has 0 aliphatic heterocycles. The normalized spacial score (nSPS) is 11.7. The SMILES string of the molecule is O=S(=O)(c1ccc(F)c(Cl)c1)c1cc(-c2cccc(F)c2)c2ccc(F)cc2n1. The molecule has 0 radical (unpaired) electrons. The zero-order valence-electron chi connectivity index (χ0n) is 14.5. The van der Waals surface area contributed by atoms with E-state index in [0.29, 0.717) is 16.5 Å². The van der Waals surface area contributed by atoms with Crippen LogP contribution in [0.2, 0.25) is 5.02 Å². The Hall–Kier alpha value is -2.90. The van der Waals surface area contributed by atoms with Crippen LogP contribution in [0.15, 0.2) is 76.7 Å². The molecule has 0 saturated heterocycles. The van der Waals surface area contributed by atoms with Crippen LogP contribution in [-0.4, -0.2) is 13.4 Å². The molecule has 0 N–H and O–H groups in total. The molecule has 0 aliphatic rings. The topological polar surface area (TPSA) is 47.0 Å². The van der Waals surface area contributed by atoms with Crippen molar-refractivity contribution in [2.45, 2.75) is 9.92 Å². The summed E-state index contributed by atoms with van der Waals surface area (Å²) in [6.45, 7) is 0. The summed E-state index contributed by atoms with van der Waals surface area (Å²) in [5.74, 6) is -1.88. The Morgan fingerprint density at radius 2 is 1.59 bits per heavy atom. The standard InChI is InChI=1S/C21H11ClF3NO2S/c22-18-10-15(5-7-19(18)25)29(27,28)21-11-17(12-2-1-3-13(23)8-12)16-6-4-14(24)9-20(16)26-21/h1-11H. The van der Waals surface area contributed by atoms with E-state index in [9.17, 15) is 21.6 Å². The van der Waals surface area contributed by atoms with Crippen molar-refractivity contribution in [3.63, 3.8) is 0 Å². The number of rotatable bonds is 3. The van der Waals surface area contributed by atoms with Crippen molar-refractivity contribution in [1.82, 2.24) is 4.98 Å². The first-order valence-electron chi connectivity index (χ1n) is 8.32. The number of hydrogen-bond acceptors (Lipinski definition) is 3. The summed E-state index contributed by atoms with van der Waals surface area (Å²) in [5, 5.41) is -0.297. The summed E-state index contributed by atoms with van der Waals surface area (Å²) in [6, 6.07) is 13.6. The van der Waals surface area contributed by atoms with Gasteiger partial charge in [-0.25, -0.2) is 26.6 Å². The molecule has 3 aromatic carbocycles. The lowest BCUT2D eigenvalue weighted by molar-refractivity contribution is 0.591. The Morgan fingerprint density at radius 3 is 2.31 bits per heavy atom. The minimum absolute atomic E-state index is 0.0820. The molecule has 0 bridgehead atoms. The van der Waals surface area contributed by atoms with Gasteiger partial charge >= 0.3 is 0 Å². The average molecular weight is 434 g/mol. The Labute approximate surface area is 169 Å². The molecule has 146 valence electrons. The monoisotopic (exact) mass is 433 g/mol. The number of pyridine rings is 1. The van der Waals surface area contributed by atoms with Crippen LogP contribution in [0.25, 0.3) is 22.0 Å². The molecule has 0 fully saturated rings. The Kier molecular flexibility index (Phi) is 4.80. The van der Waals surface area contributed by atoms with Crippen molar-refractivity contribution in [1.29, 1.82) is 0 Å². The fourth-order valence-corrected chi connectivity index (χ4v) is 4.47. The van der Waals surface area contributed by atoms with E-state index in [1.165, 1.54) is 36.4 Å². The van der Waals surface area contributed by atoms with Crippen LogP contribution in [0.5, 0.6) is 0 Å². The van der Waals surface area contributed by atoms with Gasteiger partial charge in [-0.3, -0.25) is 0 Å². The molecule has 1 aromatic heterocycles. The summed E-state index contributed by atoms with van der Waals surface area (Å²) in [6.07, 6.45) is 0. The number of halogens is 4. The lowest BCUT2D eigenvalue weighted by Crippen LogP contribution is -2.06. The van der Waals surface area contributed by atoms with Crippen molar-refractivity contribution in [3.05, 3.63) is 89.2 Å². The molecule has 0 spiro atoms. The number of nitrogens with zero attached hydrogens (tertiary/aromatic N) is 1.